The number of hydrogen-bond acceptors (Lipinski definition) is 3. The lowest BCUT2D eigenvalue weighted by Crippen LogP contribution is -1.96. The Balaban J connectivity index is 2.16. The van der Waals surface area contributed by atoms with Crippen LogP contribution in [0.25, 0.3) is 0 Å². The predicted octanol–water partition coefficient (Wildman–Crippen LogP) is 3.31. The van der Waals surface area contributed by atoms with Crippen LogP contribution in [0.1, 0.15) is 20.1 Å². The van der Waals surface area contributed by atoms with E-state index in [0.717, 1.165) is 21.8 Å². The number of carbonyl (C=O) groups is 1. The minimum absolute atomic E-state index is 0.0808. The van der Waals surface area contributed by atoms with Crippen LogP contribution in [0.4, 0.5) is 0 Å². The summed E-state index contributed by atoms with van der Waals surface area (Å²) in [5.41, 5.74) is -0.110. The van der Waals surface area contributed by atoms with Gasteiger partial charge in [0.25, 0.3) is 5.52 Å². The van der Waals surface area contributed by atoms with Crippen LogP contribution in [0.5, 0.6) is 0 Å². The molecule has 0 radical (unpaired) electrons. The molecule has 2 aromatic rings. The van der Waals surface area contributed by atoms with Crippen molar-refractivity contribution in [3.63, 3.8) is 0 Å². The quantitative estimate of drug-likeness (QED) is 0.849. The highest BCUT2D eigenvalue weighted by Gasteiger charge is 2.28. The van der Waals surface area contributed by atoms with Gasteiger partial charge in [0, 0.05) is 16.3 Å². The Bertz CT molecular complexity index is 644. The zero-order valence-electron chi connectivity index (χ0n) is 9.62. The van der Waals surface area contributed by atoms with Crippen molar-refractivity contribution in [2.75, 3.05) is 0 Å². The molecule has 1 aromatic heterocycles. The summed E-state index contributed by atoms with van der Waals surface area (Å²) in [6.07, 6.45) is 0.594. The number of rotatable bonds is 4. The van der Waals surface area contributed by atoms with Crippen LogP contribution in [0, 0.1) is 0 Å². The maximum absolute atomic E-state index is 11.4. The molecule has 0 saturated carbocycles. The first-order valence-corrected chi connectivity index (χ1v) is 8.10. The Kier molecular flexibility index (Phi) is 4.23. The first-order valence-electron chi connectivity index (χ1n) is 5.30. The summed E-state index contributed by atoms with van der Waals surface area (Å²) in [5.74, 6) is 0. The van der Waals surface area contributed by atoms with Crippen molar-refractivity contribution in [2.45, 2.75) is 6.42 Å². The molecule has 0 aliphatic carbocycles. The molecule has 1 heterocycles. The molecule has 0 amide bonds. The minimum Gasteiger partial charge on any atom is -0.319 e. The van der Waals surface area contributed by atoms with Crippen molar-refractivity contribution in [3.8, 4) is 0 Å². The van der Waals surface area contributed by atoms with E-state index in [-0.39, 0.29) is 4.88 Å². The van der Waals surface area contributed by atoms with Gasteiger partial charge in [0.2, 0.25) is 0 Å². The highest BCUT2D eigenvalue weighted by molar-refractivity contribution is 7.71. The average Bonchev–Trinajstić information content (AvgIpc) is 2.78. The highest BCUT2D eigenvalue weighted by Crippen LogP contribution is 2.41. The zero-order valence-corrected chi connectivity index (χ0v) is 12.1. The molecule has 2 N–H and O–H groups in total. The summed E-state index contributed by atoms with van der Waals surface area (Å²) in [6, 6.07) is 10.4. The van der Waals surface area contributed by atoms with E-state index < -0.39 is 13.1 Å². The van der Waals surface area contributed by atoms with Crippen molar-refractivity contribution < 1.29 is 19.1 Å². The number of hydrogen-bond donors (Lipinski definition) is 2. The van der Waals surface area contributed by atoms with Crippen molar-refractivity contribution >= 4 is 36.1 Å². The number of benzene rings is 1. The van der Waals surface area contributed by atoms with Crippen LogP contribution >= 0.6 is 30.5 Å². The lowest BCUT2D eigenvalue weighted by atomic mass is 10.1. The molecule has 4 nitrogen and oxygen atoms in total. The maximum atomic E-state index is 11.4. The fraction of sp³-hybridized carbons (Fsp3) is 0.0833. The second kappa shape index (κ2) is 5.57. The van der Waals surface area contributed by atoms with E-state index in [9.17, 15) is 9.36 Å². The van der Waals surface area contributed by atoms with Gasteiger partial charge in [-0.3, -0.25) is 9.36 Å². The lowest BCUT2D eigenvalue weighted by Gasteiger charge is -2.00. The molecule has 0 unspecified atom stereocenters. The second-order valence-corrected chi connectivity index (χ2v) is 7.02. The molecule has 0 aliphatic heterocycles. The van der Waals surface area contributed by atoms with Gasteiger partial charge in [0.15, 0.2) is 0 Å². The van der Waals surface area contributed by atoms with Crippen LogP contribution in [-0.2, 0) is 11.0 Å². The molecule has 0 spiro atoms. The van der Waals surface area contributed by atoms with Gasteiger partial charge < -0.3 is 9.79 Å². The Hall–Kier alpha value is -0.970. The van der Waals surface area contributed by atoms with Crippen molar-refractivity contribution in [1.82, 2.24) is 0 Å². The van der Waals surface area contributed by atoms with Crippen LogP contribution in [-0.4, -0.2) is 15.3 Å². The third-order valence-corrected chi connectivity index (χ3v) is 4.69. The molecule has 100 valence electrons. The third kappa shape index (κ3) is 3.75. The van der Waals surface area contributed by atoms with Crippen LogP contribution < -0.4 is 0 Å². The summed E-state index contributed by atoms with van der Waals surface area (Å²) < 4.78 is 10.9. The van der Waals surface area contributed by atoms with Gasteiger partial charge >= 0.3 is 7.60 Å². The van der Waals surface area contributed by atoms with Gasteiger partial charge in [0.05, 0.1) is 4.88 Å². The molecular weight excluding hydrogens is 307 g/mol. The predicted molar refractivity (Wildman–Crippen MR) is 75.0 cm³/mol. The molecule has 1 aromatic carbocycles. The van der Waals surface area contributed by atoms with Crippen molar-refractivity contribution in [3.05, 3.63) is 56.7 Å². The Morgan fingerprint density at radius 3 is 2.37 bits per heavy atom. The lowest BCUT2D eigenvalue weighted by molar-refractivity contribution is 0.104. The highest BCUT2D eigenvalue weighted by atomic mass is 35.5. The van der Waals surface area contributed by atoms with E-state index >= 15 is 0 Å². The monoisotopic (exact) mass is 316 g/mol. The van der Waals surface area contributed by atoms with Crippen LogP contribution in [0.2, 0.25) is 5.02 Å². The van der Waals surface area contributed by atoms with Gasteiger partial charge in [-0.05, 0) is 29.8 Å². The Morgan fingerprint density at radius 2 is 1.79 bits per heavy atom. The van der Waals surface area contributed by atoms with Gasteiger partial charge in [-0.15, -0.1) is 11.3 Å². The summed E-state index contributed by atoms with van der Waals surface area (Å²) in [6.45, 7) is 0. The van der Waals surface area contributed by atoms with E-state index in [1.54, 1.807) is 18.2 Å². The summed E-state index contributed by atoms with van der Waals surface area (Å²) >= 11 is 6.87. The fourth-order valence-corrected chi connectivity index (χ4v) is 3.40. The largest absolute Gasteiger partial charge is 0.397 e. The smallest absolute Gasteiger partial charge is 0.319 e. The number of halogens is 1. The van der Waals surface area contributed by atoms with Crippen molar-refractivity contribution in [1.29, 1.82) is 0 Å². The Morgan fingerprint density at radius 1 is 1.16 bits per heavy atom. The van der Waals surface area contributed by atoms with E-state index in [2.05, 4.69) is 0 Å². The average molecular weight is 317 g/mol. The summed E-state index contributed by atoms with van der Waals surface area (Å²) in [7, 11) is -4.70. The SMILES string of the molecule is O=C(c1ccc(Cc2ccc(Cl)cc2)s1)P(=O)(O)O. The molecule has 2 rings (SSSR count). The molecule has 19 heavy (non-hydrogen) atoms. The van der Waals surface area contributed by atoms with Gasteiger partial charge in [-0.2, -0.15) is 0 Å². The zero-order chi connectivity index (χ0) is 14.0. The van der Waals surface area contributed by atoms with E-state index in [0.29, 0.717) is 11.4 Å². The van der Waals surface area contributed by atoms with E-state index in [1.165, 1.54) is 6.07 Å². The minimum atomic E-state index is -4.70. The number of carbonyl (C=O) groups excluding carboxylic acids is 1. The molecule has 0 aliphatic rings. The molecule has 0 atom stereocenters. The topological polar surface area (TPSA) is 74.6 Å². The third-order valence-electron chi connectivity index (χ3n) is 2.43. The normalized spacial score (nSPS) is 11.5. The van der Waals surface area contributed by atoms with Gasteiger partial charge in [-0.25, -0.2) is 0 Å². The van der Waals surface area contributed by atoms with E-state index in [4.69, 9.17) is 21.4 Å². The molecule has 7 heteroatoms. The van der Waals surface area contributed by atoms with Crippen molar-refractivity contribution in [2.24, 2.45) is 0 Å². The molecule has 0 bridgehead atoms. The summed E-state index contributed by atoms with van der Waals surface area (Å²) in [5, 5.41) is 0.646. The molecule has 0 fully saturated rings. The second-order valence-electron chi connectivity index (χ2n) is 3.92. The first-order chi connectivity index (χ1) is 8.86. The Labute approximate surface area is 118 Å². The van der Waals surface area contributed by atoms with Crippen LogP contribution in [0.15, 0.2) is 36.4 Å². The standard InChI is InChI=1S/C12H10ClO4PS/c13-9-3-1-8(2-4-9)7-10-5-6-11(19-10)12(14)18(15,16)17/h1-6H,7H2,(H2,15,16,17). The summed E-state index contributed by atoms with van der Waals surface area (Å²) in [4.78, 5) is 30.0. The molecular formula is C12H10ClO4PS. The van der Waals surface area contributed by atoms with Gasteiger partial charge in [-0.1, -0.05) is 23.7 Å². The molecule has 0 saturated heterocycles. The van der Waals surface area contributed by atoms with Crippen LogP contribution in [0.3, 0.4) is 0 Å². The fourth-order valence-electron chi connectivity index (χ4n) is 1.53. The number of thiophene rings is 1. The van der Waals surface area contributed by atoms with E-state index in [1.807, 2.05) is 12.1 Å². The maximum Gasteiger partial charge on any atom is 0.397 e. The van der Waals surface area contributed by atoms with Gasteiger partial charge in [0.1, 0.15) is 0 Å². The first kappa shape index (κ1) is 14.4.